The molecule has 0 spiro atoms. The van der Waals surface area contributed by atoms with E-state index in [1.165, 1.54) is 30.4 Å². The van der Waals surface area contributed by atoms with Crippen molar-refractivity contribution in [3.05, 3.63) is 47.5 Å². The summed E-state index contributed by atoms with van der Waals surface area (Å²) in [5.74, 6) is 0.960. The van der Waals surface area contributed by atoms with Gasteiger partial charge >= 0.3 is 0 Å². The first kappa shape index (κ1) is 14.8. The molecule has 122 valence electrons. The third-order valence-electron chi connectivity index (χ3n) is 5.15. The minimum Gasteiger partial charge on any atom is -0.368 e. The van der Waals surface area contributed by atoms with E-state index in [4.69, 9.17) is 4.74 Å². The maximum Gasteiger partial charge on any atom is 0.163 e. The van der Waals surface area contributed by atoms with E-state index in [2.05, 4.69) is 50.9 Å². The Labute approximate surface area is 137 Å². The lowest BCUT2D eigenvalue weighted by atomic mass is 9.86. The monoisotopic (exact) mass is 312 g/mol. The van der Waals surface area contributed by atoms with E-state index in [0.717, 1.165) is 32.1 Å². The van der Waals surface area contributed by atoms with Crippen molar-refractivity contribution in [2.45, 2.75) is 44.9 Å². The van der Waals surface area contributed by atoms with Crippen molar-refractivity contribution in [3.63, 3.8) is 0 Å². The summed E-state index contributed by atoms with van der Waals surface area (Å²) >= 11 is 0. The molecule has 0 N–H and O–H groups in total. The summed E-state index contributed by atoms with van der Waals surface area (Å²) in [4.78, 5) is 2.58. The van der Waals surface area contributed by atoms with Crippen molar-refractivity contribution in [2.24, 2.45) is 0 Å². The number of benzene rings is 1. The van der Waals surface area contributed by atoms with Crippen molar-refractivity contribution >= 4 is 0 Å². The van der Waals surface area contributed by atoms with E-state index in [-0.39, 0.29) is 6.10 Å². The van der Waals surface area contributed by atoms with Gasteiger partial charge in [-0.05, 0) is 37.3 Å². The van der Waals surface area contributed by atoms with Crippen molar-refractivity contribution < 1.29 is 4.74 Å². The molecule has 2 heterocycles. The van der Waals surface area contributed by atoms with Crippen LogP contribution in [0.4, 0.5) is 0 Å². The second-order valence-corrected chi connectivity index (χ2v) is 6.44. The van der Waals surface area contributed by atoms with E-state index in [9.17, 15) is 0 Å². The predicted molar refractivity (Wildman–Crippen MR) is 88.1 cm³/mol. The molecule has 0 unspecified atom stereocenters. The van der Waals surface area contributed by atoms with Gasteiger partial charge in [-0.1, -0.05) is 24.3 Å². The molecule has 5 heteroatoms. The van der Waals surface area contributed by atoms with Gasteiger partial charge in [-0.2, -0.15) is 0 Å². The highest BCUT2D eigenvalue weighted by atomic mass is 16.5. The molecule has 2 aliphatic rings. The molecule has 0 radical (unpaired) electrons. The average Bonchev–Trinajstić information content (AvgIpc) is 3.10. The van der Waals surface area contributed by atoms with Crippen LogP contribution in [0.25, 0.3) is 0 Å². The molecule has 1 aromatic heterocycles. The second-order valence-electron chi connectivity index (χ2n) is 6.44. The summed E-state index contributed by atoms with van der Waals surface area (Å²) < 4.78 is 8.10. The molecule has 1 aromatic carbocycles. The molecule has 1 saturated heterocycles. The summed E-state index contributed by atoms with van der Waals surface area (Å²) in [6.07, 6.45) is 5.55. The molecule has 4 rings (SSSR count). The van der Waals surface area contributed by atoms with Crippen LogP contribution in [-0.4, -0.2) is 39.4 Å². The number of ether oxygens (including phenoxy) is 1. The van der Waals surface area contributed by atoms with E-state index in [1.54, 1.807) is 6.33 Å². The molecule has 1 fully saturated rings. The minimum atomic E-state index is 0.0280. The molecule has 23 heavy (non-hydrogen) atoms. The Kier molecular flexibility index (Phi) is 4.14. The van der Waals surface area contributed by atoms with Gasteiger partial charge < -0.3 is 9.30 Å². The van der Waals surface area contributed by atoms with Crippen LogP contribution in [-0.2, 0) is 17.7 Å². The van der Waals surface area contributed by atoms with Crippen LogP contribution in [0.1, 0.15) is 48.9 Å². The first-order valence-electron chi connectivity index (χ1n) is 8.68. The number of morpholine rings is 1. The number of fused-ring (bicyclic) bond motifs is 1. The third-order valence-corrected chi connectivity index (χ3v) is 5.15. The van der Waals surface area contributed by atoms with Gasteiger partial charge in [0.15, 0.2) is 5.82 Å². The van der Waals surface area contributed by atoms with E-state index < -0.39 is 0 Å². The molecule has 0 amide bonds. The van der Waals surface area contributed by atoms with Crippen LogP contribution in [0, 0.1) is 0 Å². The van der Waals surface area contributed by atoms with Gasteiger partial charge in [-0.25, -0.2) is 0 Å². The molecular formula is C18H24N4O. The molecule has 1 aliphatic heterocycles. The molecule has 2 aromatic rings. The van der Waals surface area contributed by atoms with Crippen LogP contribution >= 0.6 is 0 Å². The van der Waals surface area contributed by atoms with Crippen molar-refractivity contribution in [1.29, 1.82) is 0 Å². The number of nitrogens with zero attached hydrogens (tertiary/aromatic N) is 4. The standard InChI is InChI=1S/C18H24N4O/c1-2-21-13-19-20-18(21)17-12-22(10-11-23-17)16-9-5-7-14-6-3-4-8-15(14)16/h3-4,6,8,13,16-17H,2,5,7,9-12H2,1H3/t16-,17+/m0/s1. The third kappa shape index (κ3) is 2.79. The Morgan fingerprint density at radius 2 is 2.22 bits per heavy atom. The van der Waals surface area contributed by atoms with Crippen molar-refractivity contribution in [3.8, 4) is 0 Å². The van der Waals surface area contributed by atoms with Crippen molar-refractivity contribution in [2.75, 3.05) is 19.7 Å². The summed E-state index contributed by atoms with van der Waals surface area (Å²) in [6, 6.07) is 9.44. The molecule has 5 nitrogen and oxygen atoms in total. The zero-order valence-corrected chi connectivity index (χ0v) is 13.7. The molecule has 0 bridgehead atoms. The van der Waals surface area contributed by atoms with E-state index >= 15 is 0 Å². The number of rotatable bonds is 3. The highest BCUT2D eigenvalue weighted by Crippen LogP contribution is 2.36. The predicted octanol–water partition coefficient (Wildman–Crippen LogP) is 2.75. The van der Waals surface area contributed by atoms with E-state index in [1.807, 2.05) is 0 Å². The average molecular weight is 312 g/mol. The first-order valence-corrected chi connectivity index (χ1v) is 8.68. The highest BCUT2D eigenvalue weighted by molar-refractivity contribution is 5.32. The largest absolute Gasteiger partial charge is 0.368 e. The maximum absolute atomic E-state index is 6.01. The van der Waals surface area contributed by atoms with Gasteiger partial charge in [-0.3, -0.25) is 4.90 Å². The number of hydrogen-bond donors (Lipinski definition) is 0. The zero-order chi connectivity index (χ0) is 15.6. The summed E-state index contributed by atoms with van der Waals surface area (Å²) in [7, 11) is 0. The second kappa shape index (κ2) is 6.42. The summed E-state index contributed by atoms with van der Waals surface area (Å²) in [5, 5.41) is 8.35. The smallest absolute Gasteiger partial charge is 0.163 e. The number of aryl methyl sites for hydroxylation is 2. The fourth-order valence-corrected chi connectivity index (χ4v) is 3.97. The van der Waals surface area contributed by atoms with Crippen LogP contribution in [0.3, 0.4) is 0 Å². The van der Waals surface area contributed by atoms with Crippen LogP contribution in [0.2, 0.25) is 0 Å². The highest BCUT2D eigenvalue weighted by Gasteiger charge is 2.32. The Balaban J connectivity index is 1.56. The van der Waals surface area contributed by atoms with Crippen LogP contribution in [0.15, 0.2) is 30.6 Å². The topological polar surface area (TPSA) is 43.2 Å². The molecule has 0 saturated carbocycles. The van der Waals surface area contributed by atoms with Gasteiger partial charge in [0.05, 0.1) is 6.61 Å². The Morgan fingerprint density at radius 3 is 3.13 bits per heavy atom. The number of hydrogen-bond acceptors (Lipinski definition) is 4. The fourth-order valence-electron chi connectivity index (χ4n) is 3.97. The normalized spacial score (nSPS) is 25.3. The van der Waals surface area contributed by atoms with Gasteiger partial charge in [-0.15, -0.1) is 10.2 Å². The summed E-state index contributed by atoms with van der Waals surface area (Å²) in [5.41, 5.74) is 3.03. The minimum absolute atomic E-state index is 0.0280. The van der Waals surface area contributed by atoms with Crippen LogP contribution in [0.5, 0.6) is 0 Å². The fraction of sp³-hybridized carbons (Fsp3) is 0.556. The van der Waals surface area contributed by atoms with Crippen LogP contribution < -0.4 is 0 Å². The molecular weight excluding hydrogens is 288 g/mol. The molecule has 1 aliphatic carbocycles. The quantitative estimate of drug-likeness (QED) is 0.874. The van der Waals surface area contributed by atoms with Crippen molar-refractivity contribution in [1.82, 2.24) is 19.7 Å². The summed E-state index contributed by atoms with van der Waals surface area (Å²) in [6.45, 7) is 5.66. The lowest BCUT2D eigenvalue weighted by Gasteiger charge is -2.40. The SMILES string of the molecule is CCn1cnnc1[C@H]1CN([C@H]2CCCc3ccccc32)CCO1. The van der Waals surface area contributed by atoms with E-state index in [0.29, 0.717) is 6.04 Å². The lowest BCUT2D eigenvalue weighted by Crippen LogP contribution is -2.42. The Morgan fingerprint density at radius 1 is 1.30 bits per heavy atom. The maximum atomic E-state index is 6.01. The van der Waals surface area contributed by atoms with Gasteiger partial charge in [0, 0.05) is 25.7 Å². The zero-order valence-electron chi connectivity index (χ0n) is 13.7. The Bertz CT molecular complexity index is 669. The first-order chi connectivity index (χ1) is 11.4. The van der Waals surface area contributed by atoms with Gasteiger partial charge in [0.2, 0.25) is 0 Å². The lowest BCUT2D eigenvalue weighted by molar-refractivity contribution is -0.0532. The molecule has 2 atom stereocenters. The number of aromatic nitrogens is 3. The Hall–Kier alpha value is -1.72. The van der Waals surface area contributed by atoms with Gasteiger partial charge in [0.1, 0.15) is 12.4 Å². The van der Waals surface area contributed by atoms with Gasteiger partial charge in [0.25, 0.3) is 0 Å².